The van der Waals surface area contributed by atoms with Crippen molar-refractivity contribution in [2.75, 3.05) is 7.11 Å². The number of aromatic nitrogens is 4. The Hall–Kier alpha value is -2.42. The van der Waals surface area contributed by atoms with E-state index >= 15 is 0 Å². The number of H-pyrrole nitrogens is 1. The first-order chi connectivity index (χ1) is 12.4. The lowest BCUT2D eigenvalue weighted by Crippen LogP contribution is -2.31. The van der Waals surface area contributed by atoms with E-state index in [0.29, 0.717) is 36.5 Å². The summed E-state index contributed by atoms with van der Waals surface area (Å²) < 4.78 is 3.33. The summed E-state index contributed by atoms with van der Waals surface area (Å²) in [5, 5.41) is 0. The van der Waals surface area contributed by atoms with Crippen LogP contribution in [0, 0.1) is 5.92 Å². The van der Waals surface area contributed by atoms with Gasteiger partial charge in [-0.2, -0.15) is 0 Å². The molecule has 9 heteroatoms. The average molecular weight is 365 g/mol. The van der Waals surface area contributed by atoms with Crippen LogP contribution in [-0.4, -0.2) is 32.1 Å². The Bertz CT molecular complexity index is 878. The smallest absolute Gasteiger partial charge is 0.322 e. The van der Waals surface area contributed by atoms with E-state index in [2.05, 4.69) is 20.3 Å². The van der Waals surface area contributed by atoms with Gasteiger partial charge in [-0.15, -0.1) is 0 Å². The molecule has 2 heterocycles. The first-order valence-electron chi connectivity index (χ1n) is 8.93. The molecular weight excluding hydrogens is 338 g/mol. The number of nitrogens with one attached hydrogen (secondary N) is 2. The number of fused-ring (bicyclic) bond motifs is 1. The zero-order chi connectivity index (χ0) is 19.3. The molecule has 2 aromatic heterocycles. The number of carbonyl (C=O) groups is 1. The molecule has 144 valence electrons. The first-order valence-corrected chi connectivity index (χ1v) is 8.93. The van der Waals surface area contributed by atoms with Gasteiger partial charge in [0.15, 0.2) is 11.2 Å². The number of amides is 1. The minimum atomic E-state index is -0.450. The lowest BCUT2D eigenvalue weighted by molar-refractivity contribution is -0.131. The molecule has 0 bridgehead atoms. The number of rotatable bonds is 9. The second-order valence-electron chi connectivity index (χ2n) is 6.70. The minimum Gasteiger partial charge on any atom is -0.322 e. The van der Waals surface area contributed by atoms with E-state index in [4.69, 9.17) is 0 Å². The van der Waals surface area contributed by atoms with Crippen molar-refractivity contribution in [2.24, 2.45) is 5.92 Å². The van der Waals surface area contributed by atoms with Gasteiger partial charge in [-0.1, -0.05) is 27.2 Å². The first kappa shape index (κ1) is 19.9. The number of aryl methyl sites for hydroxylation is 2. The normalized spacial score (nSPS) is 11.4. The molecule has 0 aliphatic heterocycles. The molecule has 0 saturated heterocycles. The van der Waals surface area contributed by atoms with Crippen LogP contribution in [0.4, 0.5) is 0 Å². The molecule has 0 aromatic carbocycles. The Morgan fingerprint density at radius 2 is 2.04 bits per heavy atom. The van der Waals surface area contributed by atoms with Gasteiger partial charge in [0, 0.05) is 25.9 Å². The molecule has 9 nitrogen and oxygen atoms in total. The highest BCUT2D eigenvalue weighted by molar-refractivity contribution is 5.75. The monoisotopic (exact) mass is 365 g/mol. The summed E-state index contributed by atoms with van der Waals surface area (Å²) in [6.07, 6.45) is 2.25. The summed E-state index contributed by atoms with van der Waals surface area (Å²) in [4.78, 5) is 48.0. The van der Waals surface area contributed by atoms with E-state index < -0.39 is 11.2 Å². The summed E-state index contributed by atoms with van der Waals surface area (Å²) in [7, 11) is 1.37. The number of nitrogens with zero attached hydrogens (tertiary/aromatic N) is 3. The lowest BCUT2D eigenvalue weighted by atomic mass is 10.2. The van der Waals surface area contributed by atoms with Crippen molar-refractivity contribution in [3.63, 3.8) is 0 Å². The number of unbranched alkanes of at least 4 members (excludes halogenated alkanes) is 1. The predicted molar refractivity (Wildman–Crippen MR) is 97.8 cm³/mol. The van der Waals surface area contributed by atoms with Crippen molar-refractivity contribution >= 4 is 17.1 Å². The lowest BCUT2D eigenvalue weighted by Gasteiger charge is -2.11. The van der Waals surface area contributed by atoms with E-state index in [0.717, 1.165) is 12.8 Å². The van der Waals surface area contributed by atoms with E-state index in [-0.39, 0.29) is 18.2 Å². The van der Waals surface area contributed by atoms with Gasteiger partial charge in [0.1, 0.15) is 5.82 Å². The minimum absolute atomic E-state index is 0.173. The Labute approximate surface area is 151 Å². The molecule has 0 atom stereocenters. The van der Waals surface area contributed by atoms with Crippen LogP contribution in [-0.2, 0) is 29.1 Å². The Morgan fingerprint density at radius 3 is 2.65 bits per heavy atom. The number of carbonyl (C=O) groups excluding carboxylic acids is 1. The van der Waals surface area contributed by atoms with E-state index in [1.165, 1.54) is 11.7 Å². The highest BCUT2D eigenvalue weighted by Crippen LogP contribution is 2.16. The number of hydrogen-bond donors (Lipinski definition) is 2. The third kappa shape index (κ3) is 4.40. The molecule has 2 aromatic rings. The molecular formula is C17H27N5O4. The molecule has 26 heavy (non-hydrogen) atoms. The van der Waals surface area contributed by atoms with Gasteiger partial charge in [0.05, 0.1) is 7.11 Å². The van der Waals surface area contributed by atoms with E-state index in [1.54, 1.807) is 0 Å². The molecule has 2 rings (SSSR count). The summed E-state index contributed by atoms with van der Waals surface area (Å²) in [6, 6.07) is 0. The largest absolute Gasteiger partial charge is 0.330 e. The van der Waals surface area contributed by atoms with Crippen LogP contribution in [0.2, 0.25) is 0 Å². The van der Waals surface area contributed by atoms with Gasteiger partial charge in [-0.05, 0) is 12.3 Å². The van der Waals surface area contributed by atoms with Crippen LogP contribution < -0.4 is 16.7 Å². The van der Waals surface area contributed by atoms with Gasteiger partial charge in [-0.25, -0.2) is 15.3 Å². The van der Waals surface area contributed by atoms with Crippen molar-refractivity contribution < 1.29 is 9.63 Å². The average Bonchev–Trinajstić information content (AvgIpc) is 2.91. The van der Waals surface area contributed by atoms with E-state index in [9.17, 15) is 14.4 Å². The van der Waals surface area contributed by atoms with Crippen molar-refractivity contribution in [2.45, 2.75) is 59.5 Å². The SMILES string of the molecule is CCCCn1c(=O)[nH]c(=O)c2c1nc(CCC(=O)NOC)n2CC(C)C. The van der Waals surface area contributed by atoms with Crippen molar-refractivity contribution in [3.05, 3.63) is 26.7 Å². The third-order valence-electron chi connectivity index (χ3n) is 4.04. The fourth-order valence-electron chi connectivity index (χ4n) is 2.88. The van der Waals surface area contributed by atoms with Crippen LogP contribution in [0.3, 0.4) is 0 Å². The maximum atomic E-state index is 12.5. The maximum Gasteiger partial charge on any atom is 0.330 e. The molecule has 2 N–H and O–H groups in total. The Kier molecular flexibility index (Phi) is 6.73. The second kappa shape index (κ2) is 8.79. The topological polar surface area (TPSA) is 111 Å². The molecule has 0 aliphatic rings. The highest BCUT2D eigenvalue weighted by Gasteiger charge is 2.19. The zero-order valence-electron chi connectivity index (χ0n) is 15.8. The molecule has 0 aliphatic carbocycles. The molecule has 0 radical (unpaired) electrons. The molecule has 0 unspecified atom stereocenters. The maximum absolute atomic E-state index is 12.5. The second-order valence-corrected chi connectivity index (χ2v) is 6.70. The molecule has 0 fully saturated rings. The number of hydrogen-bond acceptors (Lipinski definition) is 5. The summed E-state index contributed by atoms with van der Waals surface area (Å²) in [5.41, 5.74) is 2.14. The summed E-state index contributed by atoms with van der Waals surface area (Å²) >= 11 is 0. The van der Waals surface area contributed by atoms with Gasteiger partial charge in [-0.3, -0.25) is 24.0 Å². The highest BCUT2D eigenvalue weighted by atomic mass is 16.6. The fourth-order valence-corrected chi connectivity index (χ4v) is 2.88. The van der Waals surface area contributed by atoms with Crippen LogP contribution in [0.1, 0.15) is 45.9 Å². The molecule has 0 saturated carbocycles. The van der Waals surface area contributed by atoms with Crippen molar-refractivity contribution in [1.29, 1.82) is 0 Å². The Morgan fingerprint density at radius 1 is 1.31 bits per heavy atom. The number of hydroxylamine groups is 1. The van der Waals surface area contributed by atoms with Gasteiger partial charge < -0.3 is 4.57 Å². The van der Waals surface area contributed by atoms with Crippen LogP contribution in [0.15, 0.2) is 9.59 Å². The number of aromatic amines is 1. The fraction of sp³-hybridized carbons (Fsp3) is 0.647. The Balaban J connectivity index is 2.56. The van der Waals surface area contributed by atoms with Crippen molar-refractivity contribution in [3.8, 4) is 0 Å². The number of imidazole rings is 1. The summed E-state index contributed by atoms with van der Waals surface area (Å²) in [5.74, 6) is 0.614. The molecule has 0 spiro atoms. The van der Waals surface area contributed by atoms with Crippen LogP contribution in [0.25, 0.3) is 11.2 Å². The van der Waals surface area contributed by atoms with Crippen molar-refractivity contribution in [1.82, 2.24) is 24.6 Å². The summed E-state index contributed by atoms with van der Waals surface area (Å²) in [6.45, 7) is 7.17. The van der Waals surface area contributed by atoms with Gasteiger partial charge in [0.25, 0.3) is 5.56 Å². The van der Waals surface area contributed by atoms with Crippen LogP contribution in [0.5, 0.6) is 0 Å². The predicted octanol–water partition coefficient (Wildman–Crippen LogP) is 0.953. The van der Waals surface area contributed by atoms with Gasteiger partial charge >= 0.3 is 5.69 Å². The quantitative estimate of drug-likeness (QED) is 0.643. The van der Waals surface area contributed by atoms with Crippen LogP contribution >= 0.6 is 0 Å². The molecule has 1 amide bonds. The van der Waals surface area contributed by atoms with E-state index in [1.807, 2.05) is 25.3 Å². The van der Waals surface area contributed by atoms with Gasteiger partial charge in [0.2, 0.25) is 5.91 Å². The third-order valence-corrected chi connectivity index (χ3v) is 4.04. The standard InChI is InChI=1S/C17H27N5O4/c1-5-6-9-21-15-14(16(24)19-17(21)25)22(10-11(2)3)12(18-15)7-8-13(23)20-26-4/h11H,5-10H2,1-4H3,(H,20,23)(H,19,24,25). The zero-order valence-corrected chi connectivity index (χ0v) is 15.8.